The molecule has 0 unspecified atom stereocenters. The minimum atomic E-state index is 0.966. The fraction of sp³-hybridized carbons (Fsp3) is 0.556. The van der Waals surface area contributed by atoms with E-state index in [9.17, 15) is 0 Å². The summed E-state index contributed by atoms with van der Waals surface area (Å²) in [5.74, 6) is 0. The first-order chi connectivity index (χ1) is 4.68. The molecule has 0 atom stereocenters. The SMILES string of the molecule is C=C(C)C(=C)NCCCC. The molecule has 0 spiro atoms. The molecule has 1 N–H and O–H groups in total. The van der Waals surface area contributed by atoms with Gasteiger partial charge in [0.05, 0.1) is 0 Å². The van der Waals surface area contributed by atoms with Crippen LogP contribution in [0.25, 0.3) is 0 Å². The van der Waals surface area contributed by atoms with Crippen LogP contribution in [0, 0.1) is 0 Å². The van der Waals surface area contributed by atoms with Crippen LogP contribution in [0.2, 0.25) is 0 Å². The standard InChI is InChI=1S/C9H17N/c1-5-6-7-10-9(4)8(2)3/h10H,2,4-7H2,1,3H3. The van der Waals surface area contributed by atoms with E-state index < -0.39 is 0 Å². The molecule has 0 bridgehead atoms. The van der Waals surface area contributed by atoms with Gasteiger partial charge in [0.25, 0.3) is 0 Å². The van der Waals surface area contributed by atoms with E-state index in [1.807, 2.05) is 6.92 Å². The molecule has 0 aromatic heterocycles. The van der Waals surface area contributed by atoms with Crippen molar-refractivity contribution >= 4 is 0 Å². The van der Waals surface area contributed by atoms with Crippen molar-refractivity contribution in [3.05, 3.63) is 24.4 Å². The molecule has 58 valence electrons. The minimum absolute atomic E-state index is 0.966. The van der Waals surface area contributed by atoms with Crippen LogP contribution in [-0.2, 0) is 0 Å². The summed E-state index contributed by atoms with van der Waals surface area (Å²) >= 11 is 0. The Hall–Kier alpha value is -0.720. The monoisotopic (exact) mass is 139 g/mol. The summed E-state index contributed by atoms with van der Waals surface area (Å²) in [6, 6.07) is 0. The maximum absolute atomic E-state index is 3.82. The summed E-state index contributed by atoms with van der Waals surface area (Å²) in [5.41, 5.74) is 1.99. The van der Waals surface area contributed by atoms with Gasteiger partial charge in [-0.25, -0.2) is 0 Å². The Morgan fingerprint density at radius 3 is 2.40 bits per heavy atom. The van der Waals surface area contributed by atoms with Gasteiger partial charge in [0, 0.05) is 12.2 Å². The van der Waals surface area contributed by atoms with Gasteiger partial charge >= 0.3 is 0 Å². The molecule has 0 radical (unpaired) electrons. The van der Waals surface area contributed by atoms with Gasteiger partial charge in [0.2, 0.25) is 0 Å². The van der Waals surface area contributed by atoms with Crippen LogP contribution in [-0.4, -0.2) is 6.54 Å². The number of allylic oxidation sites excluding steroid dienone is 1. The van der Waals surface area contributed by atoms with E-state index in [0.29, 0.717) is 0 Å². The second kappa shape index (κ2) is 5.10. The molecule has 0 aliphatic rings. The third kappa shape index (κ3) is 4.19. The summed E-state index contributed by atoms with van der Waals surface area (Å²) in [5, 5.41) is 3.19. The fourth-order valence-corrected chi connectivity index (χ4v) is 0.567. The first kappa shape index (κ1) is 9.28. The third-order valence-electron chi connectivity index (χ3n) is 1.38. The highest BCUT2D eigenvalue weighted by atomic mass is 14.9. The highest BCUT2D eigenvalue weighted by molar-refractivity contribution is 5.20. The van der Waals surface area contributed by atoms with Crippen molar-refractivity contribution < 1.29 is 0 Å². The Kier molecular flexibility index (Phi) is 4.73. The van der Waals surface area contributed by atoms with E-state index in [2.05, 4.69) is 25.4 Å². The highest BCUT2D eigenvalue weighted by Gasteiger charge is 1.90. The lowest BCUT2D eigenvalue weighted by molar-refractivity contribution is 0.716. The number of hydrogen-bond donors (Lipinski definition) is 1. The van der Waals surface area contributed by atoms with E-state index in [-0.39, 0.29) is 0 Å². The second-order valence-electron chi connectivity index (χ2n) is 2.54. The van der Waals surface area contributed by atoms with Gasteiger partial charge in [-0.05, 0) is 18.9 Å². The van der Waals surface area contributed by atoms with Gasteiger partial charge in [-0.1, -0.05) is 26.5 Å². The number of unbranched alkanes of at least 4 members (excludes halogenated alkanes) is 1. The molecule has 1 nitrogen and oxygen atoms in total. The quantitative estimate of drug-likeness (QED) is 0.455. The van der Waals surface area contributed by atoms with E-state index in [1.165, 1.54) is 12.8 Å². The zero-order valence-corrected chi connectivity index (χ0v) is 7.04. The molecule has 0 saturated heterocycles. The normalized spacial score (nSPS) is 9.00. The Morgan fingerprint density at radius 2 is 2.00 bits per heavy atom. The number of hydrogen-bond acceptors (Lipinski definition) is 1. The predicted octanol–water partition coefficient (Wildman–Crippen LogP) is 2.47. The van der Waals surface area contributed by atoms with Crippen molar-refractivity contribution in [3.8, 4) is 0 Å². The number of rotatable bonds is 5. The van der Waals surface area contributed by atoms with Gasteiger partial charge in [0.15, 0.2) is 0 Å². The Morgan fingerprint density at radius 1 is 1.40 bits per heavy atom. The van der Waals surface area contributed by atoms with Crippen LogP contribution >= 0.6 is 0 Å². The smallest absolute Gasteiger partial charge is 0.0290 e. The summed E-state index contributed by atoms with van der Waals surface area (Å²) in [6.45, 7) is 12.7. The average Bonchev–Trinajstić information content (AvgIpc) is 1.88. The molecular formula is C9H17N. The average molecular weight is 139 g/mol. The van der Waals surface area contributed by atoms with Gasteiger partial charge in [-0.3, -0.25) is 0 Å². The molecule has 0 amide bonds. The summed E-state index contributed by atoms with van der Waals surface area (Å²) < 4.78 is 0. The molecule has 0 aromatic carbocycles. The fourth-order valence-electron chi connectivity index (χ4n) is 0.567. The van der Waals surface area contributed by atoms with Crippen molar-refractivity contribution in [3.63, 3.8) is 0 Å². The molecule has 0 heterocycles. The first-order valence-corrected chi connectivity index (χ1v) is 3.77. The predicted molar refractivity (Wildman–Crippen MR) is 46.9 cm³/mol. The summed E-state index contributed by atoms with van der Waals surface area (Å²) in [7, 11) is 0. The van der Waals surface area contributed by atoms with Gasteiger partial charge in [-0.2, -0.15) is 0 Å². The van der Waals surface area contributed by atoms with Crippen LogP contribution in [0.5, 0.6) is 0 Å². The molecule has 10 heavy (non-hydrogen) atoms. The van der Waals surface area contributed by atoms with Crippen LogP contribution in [0.1, 0.15) is 26.7 Å². The first-order valence-electron chi connectivity index (χ1n) is 3.77. The second-order valence-corrected chi connectivity index (χ2v) is 2.54. The molecule has 0 aliphatic heterocycles. The minimum Gasteiger partial charge on any atom is -0.385 e. The van der Waals surface area contributed by atoms with Crippen molar-refractivity contribution in [1.82, 2.24) is 5.32 Å². The van der Waals surface area contributed by atoms with Gasteiger partial charge < -0.3 is 5.32 Å². The van der Waals surface area contributed by atoms with E-state index in [4.69, 9.17) is 0 Å². The third-order valence-corrected chi connectivity index (χ3v) is 1.38. The zero-order chi connectivity index (χ0) is 7.98. The Balaban J connectivity index is 3.31. The largest absolute Gasteiger partial charge is 0.385 e. The van der Waals surface area contributed by atoms with Gasteiger partial charge in [-0.15, -0.1) is 0 Å². The lowest BCUT2D eigenvalue weighted by Crippen LogP contribution is -2.13. The van der Waals surface area contributed by atoms with Crippen LogP contribution in [0.4, 0.5) is 0 Å². The zero-order valence-electron chi connectivity index (χ0n) is 7.04. The molecule has 0 saturated carbocycles. The van der Waals surface area contributed by atoms with E-state index in [1.54, 1.807) is 0 Å². The van der Waals surface area contributed by atoms with Gasteiger partial charge in [0.1, 0.15) is 0 Å². The maximum atomic E-state index is 3.82. The van der Waals surface area contributed by atoms with Crippen molar-refractivity contribution in [1.29, 1.82) is 0 Å². The van der Waals surface area contributed by atoms with E-state index in [0.717, 1.165) is 17.8 Å². The highest BCUT2D eigenvalue weighted by Crippen LogP contribution is 1.98. The van der Waals surface area contributed by atoms with E-state index >= 15 is 0 Å². The molecule has 0 fully saturated rings. The van der Waals surface area contributed by atoms with Crippen LogP contribution in [0.3, 0.4) is 0 Å². The molecule has 1 heteroatoms. The summed E-state index contributed by atoms with van der Waals surface area (Å²) in [4.78, 5) is 0. The topological polar surface area (TPSA) is 12.0 Å². The molecule has 0 aliphatic carbocycles. The molecular weight excluding hydrogens is 122 g/mol. The summed E-state index contributed by atoms with van der Waals surface area (Å²) in [6.07, 6.45) is 2.42. The Bertz CT molecular complexity index is 125. The number of nitrogens with one attached hydrogen (secondary N) is 1. The maximum Gasteiger partial charge on any atom is 0.0290 e. The van der Waals surface area contributed by atoms with Crippen LogP contribution in [0.15, 0.2) is 24.4 Å². The molecule has 0 aromatic rings. The lowest BCUT2D eigenvalue weighted by atomic mass is 10.2. The Labute approximate surface area is 63.8 Å². The van der Waals surface area contributed by atoms with Crippen molar-refractivity contribution in [2.24, 2.45) is 0 Å². The molecule has 0 rings (SSSR count). The lowest BCUT2D eigenvalue weighted by Gasteiger charge is -2.06. The van der Waals surface area contributed by atoms with Crippen molar-refractivity contribution in [2.75, 3.05) is 6.54 Å². The van der Waals surface area contributed by atoms with Crippen LogP contribution < -0.4 is 5.32 Å². The van der Waals surface area contributed by atoms with Crippen molar-refractivity contribution in [2.45, 2.75) is 26.7 Å².